The first-order valence-corrected chi connectivity index (χ1v) is 10.7. The van der Waals surface area contributed by atoms with Crippen molar-refractivity contribution in [2.45, 2.75) is 44.4 Å². The minimum Gasteiger partial charge on any atom is -0.362 e. The van der Waals surface area contributed by atoms with Crippen molar-refractivity contribution in [2.24, 2.45) is 5.92 Å². The molecule has 2 aliphatic heterocycles. The molecule has 1 unspecified atom stereocenters. The molecule has 3 N–H and O–H groups in total. The maximum absolute atomic E-state index is 12.3. The molecule has 1 atom stereocenters. The summed E-state index contributed by atoms with van der Waals surface area (Å²) in [4.78, 5) is 14.8. The van der Waals surface area contributed by atoms with Crippen molar-refractivity contribution < 1.29 is 4.79 Å². The van der Waals surface area contributed by atoms with Crippen LogP contribution in [0.1, 0.15) is 31.2 Å². The number of hydrogen-bond acceptors (Lipinski definition) is 4. The van der Waals surface area contributed by atoms with Gasteiger partial charge in [0.05, 0.1) is 6.17 Å². The van der Waals surface area contributed by atoms with Gasteiger partial charge < -0.3 is 16.0 Å². The van der Waals surface area contributed by atoms with Crippen molar-refractivity contribution in [1.29, 1.82) is 0 Å². The summed E-state index contributed by atoms with van der Waals surface area (Å²) in [5, 5.41) is 10.9. The van der Waals surface area contributed by atoms with Gasteiger partial charge in [-0.3, -0.25) is 9.69 Å². The molecule has 1 aromatic rings. The fourth-order valence-corrected chi connectivity index (χ4v) is 4.00. The van der Waals surface area contributed by atoms with Gasteiger partial charge in [-0.2, -0.15) is 0 Å². The summed E-state index contributed by atoms with van der Waals surface area (Å²) in [7, 11) is 0. The molecule has 1 aliphatic carbocycles. The minimum absolute atomic E-state index is 0.0116. The number of hydrogen-bond donors (Lipinski definition) is 3. The Morgan fingerprint density at radius 3 is 2.71 bits per heavy atom. The molecule has 0 aromatic heterocycles. The molecule has 1 saturated carbocycles. The SMILES string of the molecule is O=C(NCC1CC1)C1=CC=CC(N2CCC(NCc3ccccc3Cl)CC2)N1. The van der Waals surface area contributed by atoms with Gasteiger partial charge in [-0.25, -0.2) is 0 Å². The summed E-state index contributed by atoms with van der Waals surface area (Å²) in [6.07, 6.45) is 10.8. The fraction of sp³-hybridized carbons (Fsp3) is 0.500. The molecule has 0 radical (unpaired) electrons. The van der Waals surface area contributed by atoms with E-state index in [1.807, 2.05) is 30.4 Å². The first kappa shape index (κ1) is 19.5. The van der Waals surface area contributed by atoms with Gasteiger partial charge in [-0.15, -0.1) is 0 Å². The highest BCUT2D eigenvalue weighted by Crippen LogP contribution is 2.27. The largest absolute Gasteiger partial charge is 0.362 e. The zero-order valence-corrected chi connectivity index (χ0v) is 16.9. The molecule has 3 aliphatic rings. The van der Waals surface area contributed by atoms with Crippen molar-refractivity contribution in [2.75, 3.05) is 19.6 Å². The van der Waals surface area contributed by atoms with Crippen molar-refractivity contribution in [3.8, 4) is 0 Å². The number of rotatable bonds is 7. The maximum Gasteiger partial charge on any atom is 0.267 e. The second-order valence-electron chi connectivity index (χ2n) is 7.99. The highest BCUT2D eigenvalue weighted by molar-refractivity contribution is 6.31. The highest BCUT2D eigenvalue weighted by Gasteiger charge is 2.27. The van der Waals surface area contributed by atoms with Gasteiger partial charge in [0.25, 0.3) is 5.91 Å². The van der Waals surface area contributed by atoms with Crippen LogP contribution in [0.4, 0.5) is 0 Å². The van der Waals surface area contributed by atoms with Crippen LogP contribution in [0, 0.1) is 5.92 Å². The number of benzene rings is 1. The summed E-state index contributed by atoms with van der Waals surface area (Å²) in [5.74, 6) is 0.703. The van der Waals surface area contributed by atoms with Crippen LogP contribution in [0.15, 0.2) is 48.2 Å². The zero-order valence-electron chi connectivity index (χ0n) is 16.2. The molecular weight excluding hydrogens is 372 g/mol. The van der Waals surface area contributed by atoms with Crippen molar-refractivity contribution in [1.82, 2.24) is 20.9 Å². The number of dihydropyridines is 1. The molecule has 150 valence electrons. The van der Waals surface area contributed by atoms with Crippen molar-refractivity contribution >= 4 is 17.5 Å². The quantitative estimate of drug-likeness (QED) is 0.658. The molecule has 0 bridgehead atoms. The third-order valence-electron chi connectivity index (χ3n) is 5.81. The standard InChI is InChI=1S/C22H29ClN4O/c23-19-5-2-1-4-17(19)15-24-18-10-12-27(13-11-18)21-7-3-6-20(26-21)22(28)25-14-16-8-9-16/h1-7,16,18,21,24,26H,8-15H2,(H,25,28). The van der Waals surface area contributed by atoms with Gasteiger partial charge in [0, 0.05) is 37.2 Å². The fourth-order valence-electron chi connectivity index (χ4n) is 3.80. The van der Waals surface area contributed by atoms with Crippen LogP contribution in [-0.4, -0.2) is 42.6 Å². The Labute approximate surface area is 172 Å². The van der Waals surface area contributed by atoms with E-state index < -0.39 is 0 Å². The number of piperidine rings is 1. The average Bonchev–Trinajstić information content (AvgIpc) is 3.56. The van der Waals surface area contributed by atoms with E-state index in [0.717, 1.165) is 49.6 Å². The minimum atomic E-state index is 0.0116. The predicted octanol–water partition coefficient (Wildman–Crippen LogP) is 2.79. The molecule has 6 heteroatoms. The number of carbonyl (C=O) groups excluding carboxylic acids is 1. The van der Waals surface area contributed by atoms with Gasteiger partial charge in [-0.1, -0.05) is 35.9 Å². The number of amides is 1. The second kappa shape index (κ2) is 9.12. The van der Waals surface area contributed by atoms with E-state index in [2.05, 4.69) is 33.0 Å². The summed E-state index contributed by atoms with van der Waals surface area (Å²) >= 11 is 6.25. The van der Waals surface area contributed by atoms with Crippen LogP contribution in [0.25, 0.3) is 0 Å². The molecular formula is C22H29ClN4O. The molecule has 5 nitrogen and oxygen atoms in total. The first-order chi connectivity index (χ1) is 13.7. The maximum atomic E-state index is 12.3. The molecule has 4 rings (SSSR count). The van der Waals surface area contributed by atoms with Crippen LogP contribution < -0.4 is 16.0 Å². The van der Waals surface area contributed by atoms with Crippen molar-refractivity contribution in [3.05, 3.63) is 58.8 Å². The van der Waals surface area contributed by atoms with Gasteiger partial charge in [0.15, 0.2) is 0 Å². The summed E-state index contributed by atoms with van der Waals surface area (Å²) in [6, 6.07) is 8.50. The molecule has 2 fully saturated rings. The van der Waals surface area contributed by atoms with Crippen molar-refractivity contribution in [3.63, 3.8) is 0 Å². The summed E-state index contributed by atoms with van der Waals surface area (Å²) in [5.41, 5.74) is 1.82. The van der Waals surface area contributed by atoms with E-state index in [9.17, 15) is 4.79 Å². The number of carbonyl (C=O) groups is 1. The van der Waals surface area contributed by atoms with E-state index >= 15 is 0 Å². The average molecular weight is 401 g/mol. The van der Waals surface area contributed by atoms with E-state index in [1.54, 1.807) is 0 Å². The molecule has 0 spiro atoms. The molecule has 1 amide bonds. The topological polar surface area (TPSA) is 56.4 Å². The smallest absolute Gasteiger partial charge is 0.267 e. The Bertz CT molecular complexity index is 751. The number of halogens is 1. The van der Waals surface area contributed by atoms with Crippen LogP contribution >= 0.6 is 11.6 Å². The van der Waals surface area contributed by atoms with E-state index in [0.29, 0.717) is 17.7 Å². The lowest BCUT2D eigenvalue weighted by molar-refractivity contribution is -0.118. The number of nitrogens with zero attached hydrogens (tertiary/aromatic N) is 1. The predicted molar refractivity (Wildman–Crippen MR) is 113 cm³/mol. The highest BCUT2D eigenvalue weighted by atomic mass is 35.5. The first-order valence-electron chi connectivity index (χ1n) is 10.3. The third kappa shape index (κ3) is 5.16. The van der Waals surface area contributed by atoms with Crippen LogP contribution in [0.2, 0.25) is 5.02 Å². The number of nitrogens with one attached hydrogen (secondary N) is 3. The molecule has 1 aromatic carbocycles. The van der Waals surface area contributed by atoms with Gasteiger partial charge in [0.1, 0.15) is 5.70 Å². The van der Waals surface area contributed by atoms with E-state index in [-0.39, 0.29) is 12.1 Å². The summed E-state index contributed by atoms with van der Waals surface area (Å²) < 4.78 is 0. The molecule has 2 heterocycles. The van der Waals surface area contributed by atoms with Crippen LogP contribution in [0.3, 0.4) is 0 Å². The third-order valence-corrected chi connectivity index (χ3v) is 6.18. The van der Waals surface area contributed by atoms with Gasteiger partial charge in [-0.05, 0) is 55.4 Å². The van der Waals surface area contributed by atoms with Crippen LogP contribution in [0.5, 0.6) is 0 Å². The lowest BCUT2D eigenvalue weighted by Crippen LogP contribution is -2.52. The zero-order chi connectivity index (χ0) is 19.3. The number of allylic oxidation sites excluding steroid dienone is 2. The Balaban J connectivity index is 1.21. The Hall–Kier alpha value is -1.82. The molecule has 1 saturated heterocycles. The normalized spacial score (nSPS) is 23.2. The Morgan fingerprint density at radius 1 is 1.18 bits per heavy atom. The monoisotopic (exact) mass is 400 g/mol. The molecule has 28 heavy (non-hydrogen) atoms. The van der Waals surface area contributed by atoms with Crippen LogP contribution in [-0.2, 0) is 11.3 Å². The summed E-state index contributed by atoms with van der Waals surface area (Å²) in [6.45, 7) is 3.60. The lowest BCUT2D eigenvalue weighted by Gasteiger charge is -2.38. The van der Waals surface area contributed by atoms with Gasteiger partial charge >= 0.3 is 0 Å². The Kier molecular flexibility index (Phi) is 6.35. The number of likely N-dealkylation sites (tertiary alicyclic amines) is 1. The second-order valence-corrected chi connectivity index (χ2v) is 8.40. The van der Waals surface area contributed by atoms with E-state index in [4.69, 9.17) is 11.6 Å². The Morgan fingerprint density at radius 2 is 1.96 bits per heavy atom. The lowest BCUT2D eigenvalue weighted by atomic mass is 10.0. The van der Waals surface area contributed by atoms with E-state index in [1.165, 1.54) is 12.8 Å². The van der Waals surface area contributed by atoms with Gasteiger partial charge in [0.2, 0.25) is 0 Å².